The van der Waals surface area contributed by atoms with Gasteiger partial charge in [-0.25, -0.2) is 4.99 Å². The summed E-state index contributed by atoms with van der Waals surface area (Å²) in [5, 5.41) is 2.94. The average molecular weight is 362 g/mol. The van der Waals surface area contributed by atoms with E-state index < -0.39 is 5.54 Å². The van der Waals surface area contributed by atoms with Crippen molar-refractivity contribution in [2.75, 3.05) is 12.4 Å². The summed E-state index contributed by atoms with van der Waals surface area (Å²) >= 11 is 0. The van der Waals surface area contributed by atoms with Gasteiger partial charge in [0.1, 0.15) is 0 Å². The minimum atomic E-state index is -1.24. The second-order valence-electron chi connectivity index (χ2n) is 7.19. The first kappa shape index (κ1) is 17.3. The number of amides is 2. The second kappa shape index (κ2) is 6.54. The van der Waals surface area contributed by atoms with Gasteiger partial charge in [0.15, 0.2) is 11.5 Å². The lowest BCUT2D eigenvalue weighted by Gasteiger charge is -2.26. The standard InChI is InChI=1S/C21H22N4O2/c1-25-19(27)21(24-20(25)22,15-6-3-2-4-7-15)16-8-5-9-17(13-16)23-18(26)12-14-10-11-14/h2-9,13-14H,10-12H2,1H3,(H2,22,24)(H,23,26). The van der Waals surface area contributed by atoms with Crippen LogP contribution in [-0.2, 0) is 15.1 Å². The first-order valence-electron chi connectivity index (χ1n) is 9.10. The molecule has 2 aromatic carbocycles. The molecule has 2 amide bonds. The van der Waals surface area contributed by atoms with Crippen LogP contribution in [0.1, 0.15) is 30.4 Å². The van der Waals surface area contributed by atoms with Crippen LogP contribution >= 0.6 is 0 Å². The molecule has 27 heavy (non-hydrogen) atoms. The summed E-state index contributed by atoms with van der Waals surface area (Å²) < 4.78 is 0. The van der Waals surface area contributed by atoms with E-state index in [1.165, 1.54) is 4.90 Å². The first-order valence-corrected chi connectivity index (χ1v) is 9.10. The van der Waals surface area contributed by atoms with Crippen molar-refractivity contribution in [3.8, 4) is 0 Å². The van der Waals surface area contributed by atoms with Crippen LogP contribution in [0.5, 0.6) is 0 Å². The first-order chi connectivity index (χ1) is 13.0. The van der Waals surface area contributed by atoms with Crippen LogP contribution in [0.25, 0.3) is 0 Å². The summed E-state index contributed by atoms with van der Waals surface area (Å²) in [5.74, 6) is 0.472. The quantitative estimate of drug-likeness (QED) is 0.856. The Morgan fingerprint density at radius 2 is 1.89 bits per heavy atom. The van der Waals surface area contributed by atoms with Gasteiger partial charge in [0, 0.05) is 19.2 Å². The fraction of sp³-hybridized carbons (Fsp3) is 0.286. The van der Waals surface area contributed by atoms with Gasteiger partial charge < -0.3 is 11.1 Å². The predicted octanol–water partition coefficient (Wildman–Crippen LogP) is 2.46. The van der Waals surface area contributed by atoms with E-state index >= 15 is 0 Å². The zero-order chi connectivity index (χ0) is 19.0. The minimum Gasteiger partial charge on any atom is -0.369 e. The summed E-state index contributed by atoms with van der Waals surface area (Å²) in [4.78, 5) is 31.3. The van der Waals surface area contributed by atoms with Gasteiger partial charge in [-0.3, -0.25) is 14.5 Å². The number of hydrogen-bond acceptors (Lipinski definition) is 4. The van der Waals surface area contributed by atoms with Crippen LogP contribution in [0.4, 0.5) is 5.69 Å². The lowest BCUT2D eigenvalue weighted by molar-refractivity contribution is -0.129. The maximum Gasteiger partial charge on any atom is 0.266 e. The van der Waals surface area contributed by atoms with Gasteiger partial charge in [0.05, 0.1) is 0 Å². The van der Waals surface area contributed by atoms with E-state index in [4.69, 9.17) is 5.73 Å². The number of hydrogen-bond donors (Lipinski definition) is 2. The third-order valence-corrected chi connectivity index (χ3v) is 5.17. The molecule has 0 spiro atoms. The van der Waals surface area contributed by atoms with Crippen molar-refractivity contribution in [1.82, 2.24) is 4.90 Å². The van der Waals surface area contributed by atoms with Crippen molar-refractivity contribution >= 4 is 23.5 Å². The molecule has 1 unspecified atom stereocenters. The number of carbonyl (C=O) groups is 2. The lowest BCUT2D eigenvalue weighted by atomic mass is 9.82. The monoisotopic (exact) mass is 362 g/mol. The van der Waals surface area contributed by atoms with E-state index in [2.05, 4.69) is 10.3 Å². The number of nitrogens with two attached hydrogens (primary N) is 1. The van der Waals surface area contributed by atoms with Gasteiger partial charge in [-0.2, -0.15) is 0 Å². The highest BCUT2D eigenvalue weighted by Crippen LogP contribution is 2.40. The number of carbonyl (C=O) groups excluding carboxylic acids is 2. The molecule has 1 saturated carbocycles. The zero-order valence-electron chi connectivity index (χ0n) is 15.2. The number of likely N-dealkylation sites (N-methyl/N-ethyl adjacent to an activating group) is 1. The van der Waals surface area contributed by atoms with Crippen LogP contribution in [0.3, 0.4) is 0 Å². The van der Waals surface area contributed by atoms with Crippen LogP contribution < -0.4 is 11.1 Å². The maximum absolute atomic E-state index is 13.2. The number of nitrogens with one attached hydrogen (secondary N) is 1. The van der Waals surface area contributed by atoms with Gasteiger partial charge >= 0.3 is 0 Å². The number of benzene rings is 2. The highest BCUT2D eigenvalue weighted by Gasteiger charge is 2.49. The van der Waals surface area contributed by atoms with Gasteiger partial charge in [-0.1, -0.05) is 42.5 Å². The molecule has 1 atom stereocenters. The molecule has 1 aliphatic heterocycles. The summed E-state index contributed by atoms with van der Waals surface area (Å²) in [5.41, 5.74) is 6.82. The average Bonchev–Trinajstić information content (AvgIpc) is 3.45. The van der Waals surface area contributed by atoms with E-state index in [1.807, 2.05) is 54.6 Å². The smallest absolute Gasteiger partial charge is 0.266 e. The highest BCUT2D eigenvalue weighted by molar-refractivity contribution is 6.09. The second-order valence-corrected chi connectivity index (χ2v) is 7.19. The molecule has 0 radical (unpaired) electrons. The molecule has 1 aliphatic carbocycles. The van der Waals surface area contributed by atoms with Crippen LogP contribution in [0, 0.1) is 5.92 Å². The molecule has 4 rings (SSSR count). The van der Waals surface area contributed by atoms with Crippen molar-refractivity contribution in [2.45, 2.75) is 24.8 Å². The molecular weight excluding hydrogens is 340 g/mol. The van der Waals surface area contributed by atoms with Crippen molar-refractivity contribution in [3.63, 3.8) is 0 Å². The number of rotatable bonds is 5. The Morgan fingerprint density at radius 3 is 2.52 bits per heavy atom. The third-order valence-electron chi connectivity index (χ3n) is 5.17. The third kappa shape index (κ3) is 3.07. The summed E-state index contributed by atoms with van der Waals surface area (Å²) in [7, 11) is 1.62. The zero-order valence-corrected chi connectivity index (χ0v) is 15.2. The largest absolute Gasteiger partial charge is 0.369 e. The highest BCUT2D eigenvalue weighted by atomic mass is 16.2. The van der Waals surface area contributed by atoms with E-state index in [0.717, 1.165) is 18.4 Å². The molecule has 0 bridgehead atoms. The molecule has 6 nitrogen and oxygen atoms in total. The molecular formula is C21H22N4O2. The molecule has 6 heteroatoms. The Balaban J connectivity index is 1.74. The van der Waals surface area contributed by atoms with E-state index in [0.29, 0.717) is 23.6 Å². The van der Waals surface area contributed by atoms with Crippen molar-refractivity contribution in [1.29, 1.82) is 0 Å². The van der Waals surface area contributed by atoms with Gasteiger partial charge in [0.25, 0.3) is 5.91 Å². The Morgan fingerprint density at radius 1 is 1.19 bits per heavy atom. The number of guanidine groups is 1. The van der Waals surface area contributed by atoms with Crippen LogP contribution in [-0.4, -0.2) is 29.7 Å². The van der Waals surface area contributed by atoms with E-state index in [-0.39, 0.29) is 17.8 Å². The van der Waals surface area contributed by atoms with Gasteiger partial charge in [0.2, 0.25) is 5.91 Å². The topological polar surface area (TPSA) is 87.8 Å². The Bertz CT molecular complexity index is 921. The van der Waals surface area contributed by atoms with E-state index in [9.17, 15) is 9.59 Å². The van der Waals surface area contributed by atoms with Gasteiger partial charge in [-0.05, 0) is 42.0 Å². The van der Waals surface area contributed by atoms with Crippen LogP contribution in [0.2, 0.25) is 0 Å². The predicted molar refractivity (Wildman–Crippen MR) is 104 cm³/mol. The molecule has 2 aromatic rings. The van der Waals surface area contributed by atoms with Crippen molar-refractivity contribution < 1.29 is 9.59 Å². The Kier molecular flexibility index (Phi) is 4.18. The summed E-state index contributed by atoms with van der Waals surface area (Å²) in [6, 6.07) is 16.7. The summed E-state index contributed by atoms with van der Waals surface area (Å²) in [6.07, 6.45) is 2.79. The normalized spacial score (nSPS) is 21.9. The summed E-state index contributed by atoms with van der Waals surface area (Å²) in [6.45, 7) is 0. The van der Waals surface area contributed by atoms with Gasteiger partial charge in [-0.15, -0.1) is 0 Å². The lowest BCUT2D eigenvalue weighted by Crippen LogP contribution is -2.41. The minimum absolute atomic E-state index is 0.00120. The van der Waals surface area contributed by atoms with Crippen molar-refractivity contribution in [3.05, 3.63) is 65.7 Å². The fourth-order valence-electron chi connectivity index (χ4n) is 3.48. The Hall–Kier alpha value is -3.15. The van der Waals surface area contributed by atoms with Crippen molar-refractivity contribution in [2.24, 2.45) is 16.6 Å². The molecule has 0 saturated heterocycles. The molecule has 2 aliphatic rings. The molecule has 0 aromatic heterocycles. The maximum atomic E-state index is 13.2. The fourth-order valence-corrected chi connectivity index (χ4v) is 3.48. The molecule has 138 valence electrons. The number of nitrogens with zero attached hydrogens (tertiary/aromatic N) is 2. The SMILES string of the molecule is CN1C(=O)C(c2ccccc2)(c2cccc(NC(=O)CC3CC3)c2)N=C1N. The molecule has 3 N–H and O–H groups in total. The molecule has 1 heterocycles. The Labute approximate surface area is 158 Å². The number of anilines is 1. The van der Waals surface area contributed by atoms with E-state index in [1.54, 1.807) is 7.05 Å². The molecule has 1 fully saturated rings. The number of aliphatic imine (C=N–C) groups is 1. The van der Waals surface area contributed by atoms with Crippen LogP contribution in [0.15, 0.2) is 59.6 Å².